The van der Waals surface area contributed by atoms with E-state index in [0.29, 0.717) is 31.7 Å². The van der Waals surface area contributed by atoms with Crippen LogP contribution in [-0.2, 0) is 6.42 Å². The molecular weight excluding hydrogens is 218 g/mol. The Morgan fingerprint density at radius 1 is 1.47 bits per heavy atom. The molecule has 0 unspecified atom stereocenters. The lowest BCUT2D eigenvalue weighted by Crippen LogP contribution is -2.45. The largest absolute Gasteiger partial charge is 0.456 e. The van der Waals surface area contributed by atoms with Crippen LogP contribution in [0.3, 0.4) is 0 Å². The number of furan rings is 1. The number of carbonyl (C=O) groups is 1. The molecule has 4 nitrogen and oxygen atoms in total. The lowest BCUT2D eigenvalue weighted by molar-refractivity contribution is -0.00292. The lowest BCUT2D eigenvalue weighted by Gasteiger charge is -2.35. The third kappa shape index (κ3) is 2.69. The summed E-state index contributed by atoms with van der Waals surface area (Å²) in [5.74, 6) is 1.17. The highest BCUT2D eigenvalue weighted by Crippen LogP contribution is 2.22. The number of rotatable bonds is 2. The Morgan fingerprint density at radius 3 is 2.65 bits per heavy atom. The number of nitrogens with zero attached hydrogens (tertiary/aromatic N) is 1. The van der Waals surface area contributed by atoms with E-state index in [2.05, 4.69) is 0 Å². The zero-order valence-corrected chi connectivity index (χ0v) is 10.4. The van der Waals surface area contributed by atoms with Crippen LogP contribution < -0.4 is 0 Å². The molecule has 17 heavy (non-hydrogen) atoms. The van der Waals surface area contributed by atoms with Crippen molar-refractivity contribution in [1.82, 2.24) is 4.90 Å². The van der Waals surface area contributed by atoms with Crippen LogP contribution in [0.5, 0.6) is 0 Å². The zero-order valence-electron chi connectivity index (χ0n) is 10.4. The van der Waals surface area contributed by atoms with Crippen molar-refractivity contribution in [2.24, 2.45) is 0 Å². The first kappa shape index (κ1) is 12.2. The zero-order chi connectivity index (χ0) is 12.5. The third-order valence-electron chi connectivity index (χ3n) is 3.35. The maximum Gasteiger partial charge on any atom is 0.289 e. The Bertz CT molecular complexity index is 399. The van der Waals surface area contributed by atoms with Gasteiger partial charge in [-0.25, -0.2) is 0 Å². The summed E-state index contributed by atoms with van der Waals surface area (Å²) in [7, 11) is 0. The SMILES string of the molecule is CCc1ccc(C(=O)N2CCC(C)(O)CC2)o1. The molecule has 1 saturated heterocycles. The minimum atomic E-state index is -0.630. The van der Waals surface area contributed by atoms with Crippen LogP contribution >= 0.6 is 0 Å². The molecule has 1 aliphatic heterocycles. The van der Waals surface area contributed by atoms with Crippen LogP contribution in [0.2, 0.25) is 0 Å². The van der Waals surface area contributed by atoms with E-state index in [1.807, 2.05) is 19.9 Å². The number of likely N-dealkylation sites (tertiary alicyclic amines) is 1. The molecule has 0 atom stereocenters. The van der Waals surface area contributed by atoms with Gasteiger partial charge in [0.15, 0.2) is 5.76 Å². The molecule has 0 radical (unpaired) electrons. The van der Waals surface area contributed by atoms with Crippen molar-refractivity contribution in [3.63, 3.8) is 0 Å². The van der Waals surface area contributed by atoms with E-state index in [4.69, 9.17) is 4.42 Å². The Hall–Kier alpha value is -1.29. The Labute approximate surface area is 101 Å². The number of carbonyl (C=O) groups excluding carboxylic acids is 1. The van der Waals surface area contributed by atoms with E-state index in [0.717, 1.165) is 12.2 Å². The molecule has 1 aromatic rings. The Balaban J connectivity index is 2.01. The average Bonchev–Trinajstić information content (AvgIpc) is 2.76. The van der Waals surface area contributed by atoms with Gasteiger partial charge in [-0.3, -0.25) is 4.79 Å². The standard InChI is InChI=1S/C13H19NO3/c1-3-10-4-5-11(17-10)12(15)14-8-6-13(2,16)7-9-14/h4-5,16H,3,6-9H2,1-2H3. The first-order valence-electron chi connectivity index (χ1n) is 6.12. The van der Waals surface area contributed by atoms with Crippen LogP contribution in [0.4, 0.5) is 0 Å². The fourth-order valence-corrected chi connectivity index (χ4v) is 2.03. The van der Waals surface area contributed by atoms with Crippen molar-refractivity contribution in [3.05, 3.63) is 23.7 Å². The molecule has 1 fully saturated rings. The number of aryl methyl sites for hydroxylation is 1. The summed E-state index contributed by atoms with van der Waals surface area (Å²) < 4.78 is 5.45. The molecule has 0 saturated carbocycles. The van der Waals surface area contributed by atoms with Gasteiger partial charge in [-0.15, -0.1) is 0 Å². The smallest absolute Gasteiger partial charge is 0.289 e. The number of aliphatic hydroxyl groups is 1. The van der Waals surface area contributed by atoms with Gasteiger partial charge in [-0.1, -0.05) is 6.92 Å². The average molecular weight is 237 g/mol. The number of piperidine rings is 1. The summed E-state index contributed by atoms with van der Waals surface area (Å²) >= 11 is 0. The first-order valence-corrected chi connectivity index (χ1v) is 6.12. The molecular formula is C13H19NO3. The quantitative estimate of drug-likeness (QED) is 0.853. The molecule has 1 aliphatic rings. The van der Waals surface area contributed by atoms with E-state index in [9.17, 15) is 9.90 Å². The van der Waals surface area contributed by atoms with Crippen LogP contribution in [0, 0.1) is 0 Å². The van der Waals surface area contributed by atoms with Gasteiger partial charge in [-0.2, -0.15) is 0 Å². The molecule has 0 spiro atoms. The number of amides is 1. The van der Waals surface area contributed by atoms with Gasteiger partial charge >= 0.3 is 0 Å². The van der Waals surface area contributed by atoms with Crippen molar-refractivity contribution in [1.29, 1.82) is 0 Å². The van der Waals surface area contributed by atoms with E-state index in [1.54, 1.807) is 11.0 Å². The van der Waals surface area contributed by atoms with Crippen molar-refractivity contribution in [2.75, 3.05) is 13.1 Å². The predicted octanol–water partition coefficient (Wildman–Crippen LogP) is 1.83. The van der Waals surface area contributed by atoms with Crippen LogP contribution in [0.25, 0.3) is 0 Å². The van der Waals surface area contributed by atoms with Crippen molar-refractivity contribution in [2.45, 2.75) is 38.7 Å². The number of hydrogen-bond donors (Lipinski definition) is 1. The van der Waals surface area contributed by atoms with E-state index >= 15 is 0 Å². The van der Waals surface area contributed by atoms with Crippen molar-refractivity contribution < 1.29 is 14.3 Å². The summed E-state index contributed by atoms with van der Waals surface area (Å²) in [4.78, 5) is 13.8. The maximum absolute atomic E-state index is 12.1. The molecule has 4 heteroatoms. The summed E-state index contributed by atoms with van der Waals surface area (Å²) in [5, 5.41) is 9.83. The second kappa shape index (κ2) is 4.53. The normalized spacial score (nSPS) is 19.4. The summed E-state index contributed by atoms with van der Waals surface area (Å²) in [6.45, 7) is 4.99. The highest BCUT2D eigenvalue weighted by atomic mass is 16.4. The lowest BCUT2D eigenvalue weighted by atomic mass is 9.94. The summed E-state index contributed by atoms with van der Waals surface area (Å²) in [5.41, 5.74) is -0.630. The maximum atomic E-state index is 12.1. The molecule has 0 aromatic carbocycles. The Morgan fingerprint density at radius 2 is 2.12 bits per heavy atom. The first-order chi connectivity index (χ1) is 8.02. The molecule has 2 rings (SSSR count). The van der Waals surface area contributed by atoms with E-state index in [1.165, 1.54) is 0 Å². The monoisotopic (exact) mass is 237 g/mol. The molecule has 2 heterocycles. The van der Waals surface area contributed by atoms with Gasteiger partial charge in [0.1, 0.15) is 5.76 Å². The second-order valence-electron chi connectivity index (χ2n) is 4.91. The van der Waals surface area contributed by atoms with Gasteiger partial charge < -0.3 is 14.4 Å². The fraction of sp³-hybridized carbons (Fsp3) is 0.615. The van der Waals surface area contributed by atoms with Gasteiger partial charge in [0, 0.05) is 19.5 Å². The van der Waals surface area contributed by atoms with Crippen LogP contribution in [0.1, 0.15) is 43.0 Å². The number of hydrogen-bond acceptors (Lipinski definition) is 3. The molecule has 0 aliphatic carbocycles. The van der Waals surface area contributed by atoms with Crippen molar-refractivity contribution >= 4 is 5.91 Å². The van der Waals surface area contributed by atoms with Gasteiger partial charge in [-0.05, 0) is 31.9 Å². The van der Waals surface area contributed by atoms with Gasteiger partial charge in [0.05, 0.1) is 5.60 Å². The highest BCUT2D eigenvalue weighted by Gasteiger charge is 2.30. The summed E-state index contributed by atoms with van der Waals surface area (Å²) in [6.07, 6.45) is 2.04. The fourth-order valence-electron chi connectivity index (χ4n) is 2.03. The summed E-state index contributed by atoms with van der Waals surface area (Å²) in [6, 6.07) is 3.57. The topological polar surface area (TPSA) is 53.7 Å². The van der Waals surface area contributed by atoms with E-state index < -0.39 is 5.60 Å². The highest BCUT2D eigenvalue weighted by molar-refractivity contribution is 5.91. The second-order valence-corrected chi connectivity index (χ2v) is 4.91. The minimum Gasteiger partial charge on any atom is -0.456 e. The van der Waals surface area contributed by atoms with Gasteiger partial charge in [0.25, 0.3) is 5.91 Å². The molecule has 1 amide bonds. The van der Waals surface area contributed by atoms with E-state index in [-0.39, 0.29) is 5.91 Å². The molecule has 0 bridgehead atoms. The Kier molecular flexibility index (Phi) is 3.24. The molecule has 1 aromatic heterocycles. The minimum absolute atomic E-state index is 0.0693. The van der Waals surface area contributed by atoms with Crippen molar-refractivity contribution in [3.8, 4) is 0 Å². The van der Waals surface area contributed by atoms with Crippen LogP contribution in [0.15, 0.2) is 16.5 Å². The molecule has 1 N–H and O–H groups in total. The van der Waals surface area contributed by atoms with Crippen LogP contribution in [-0.4, -0.2) is 34.6 Å². The van der Waals surface area contributed by atoms with Gasteiger partial charge in [0.2, 0.25) is 0 Å². The molecule has 94 valence electrons. The third-order valence-corrected chi connectivity index (χ3v) is 3.35. The predicted molar refractivity (Wildman–Crippen MR) is 63.8 cm³/mol.